The van der Waals surface area contributed by atoms with E-state index in [0.717, 1.165) is 35.4 Å². The van der Waals surface area contributed by atoms with Gasteiger partial charge in [-0.25, -0.2) is 0 Å². The Bertz CT molecular complexity index is 720. The van der Waals surface area contributed by atoms with E-state index >= 15 is 0 Å². The van der Waals surface area contributed by atoms with Crippen molar-refractivity contribution in [2.45, 2.75) is 12.8 Å². The van der Waals surface area contributed by atoms with E-state index in [0.29, 0.717) is 0 Å². The molecule has 3 aromatic rings. The summed E-state index contributed by atoms with van der Waals surface area (Å²) < 4.78 is 0. The van der Waals surface area contributed by atoms with Crippen LogP contribution in [0.2, 0.25) is 0 Å². The lowest BCUT2D eigenvalue weighted by Crippen LogP contribution is -2.01. The molecular weight excluding hydrogens is 212 g/mol. The summed E-state index contributed by atoms with van der Waals surface area (Å²) in [6.07, 6.45) is 3.96. The summed E-state index contributed by atoms with van der Waals surface area (Å²) in [6.45, 7) is 0. The summed E-state index contributed by atoms with van der Waals surface area (Å²) >= 11 is 0. The molecule has 84 valence electrons. The highest BCUT2D eigenvalue weighted by molar-refractivity contribution is 5.99. The molecule has 0 fully saturated rings. The molecule has 0 unspecified atom stereocenters. The molecule has 17 heavy (non-hydrogen) atoms. The third-order valence-electron chi connectivity index (χ3n) is 3.57. The average molecular weight is 224 g/mol. The molecular formula is C13H12N4. The van der Waals surface area contributed by atoms with Gasteiger partial charge in [-0.1, -0.05) is 6.07 Å². The number of benzene rings is 1. The Hall–Kier alpha value is -2.23. The van der Waals surface area contributed by atoms with Crippen molar-refractivity contribution in [3.63, 3.8) is 0 Å². The third-order valence-corrected chi connectivity index (χ3v) is 3.57. The van der Waals surface area contributed by atoms with Crippen LogP contribution in [0.25, 0.3) is 22.3 Å². The Morgan fingerprint density at radius 3 is 3.06 bits per heavy atom. The highest BCUT2D eigenvalue weighted by atomic mass is 15.1. The molecule has 2 heterocycles. The number of aromatic amines is 2. The van der Waals surface area contributed by atoms with E-state index in [1.54, 1.807) is 0 Å². The van der Waals surface area contributed by atoms with Crippen LogP contribution in [0.3, 0.4) is 0 Å². The Labute approximate surface area is 97.8 Å². The van der Waals surface area contributed by atoms with Crippen molar-refractivity contribution in [2.24, 2.45) is 0 Å². The molecule has 0 aliphatic heterocycles. The standard InChI is InChI=1S/C13H12N4/c14-9-2-1-3-10-11(9)8-5-4-7-6-15-17-12(7)13(8)16-10/h1-3,6,16H,4-5,14H2,(H,15,17). The molecule has 4 nitrogen and oxygen atoms in total. The lowest BCUT2D eigenvalue weighted by molar-refractivity contribution is 0.947. The molecule has 0 saturated heterocycles. The molecule has 1 aromatic carbocycles. The van der Waals surface area contributed by atoms with Crippen molar-refractivity contribution >= 4 is 16.6 Å². The maximum absolute atomic E-state index is 6.07. The van der Waals surface area contributed by atoms with Gasteiger partial charge in [0.1, 0.15) is 0 Å². The van der Waals surface area contributed by atoms with Gasteiger partial charge in [0.05, 0.1) is 17.6 Å². The van der Waals surface area contributed by atoms with E-state index in [-0.39, 0.29) is 0 Å². The van der Waals surface area contributed by atoms with Crippen molar-refractivity contribution in [3.8, 4) is 11.4 Å². The zero-order valence-corrected chi connectivity index (χ0v) is 9.25. The van der Waals surface area contributed by atoms with E-state index in [1.807, 2.05) is 18.3 Å². The van der Waals surface area contributed by atoms with Gasteiger partial charge < -0.3 is 10.7 Å². The Kier molecular flexibility index (Phi) is 1.52. The van der Waals surface area contributed by atoms with E-state index in [1.165, 1.54) is 16.5 Å². The predicted octanol–water partition coefficient (Wildman–Crippen LogP) is 2.24. The minimum absolute atomic E-state index is 0.850. The van der Waals surface area contributed by atoms with Crippen LogP contribution in [-0.2, 0) is 12.8 Å². The first-order chi connectivity index (χ1) is 8.34. The first-order valence-electron chi connectivity index (χ1n) is 5.76. The maximum Gasteiger partial charge on any atom is 0.0847 e. The Morgan fingerprint density at radius 1 is 1.18 bits per heavy atom. The first-order valence-corrected chi connectivity index (χ1v) is 5.76. The summed E-state index contributed by atoms with van der Waals surface area (Å²) in [4.78, 5) is 3.45. The molecule has 1 aliphatic rings. The minimum atomic E-state index is 0.850. The number of nitrogen functional groups attached to an aromatic ring is 1. The smallest absolute Gasteiger partial charge is 0.0847 e. The highest BCUT2D eigenvalue weighted by Gasteiger charge is 2.22. The molecule has 0 amide bonds. The van der Waals surface area contributed by atoms with Crippen LogP contribution in [0.1, 0.15) is 11.1 Å². The monoisotopic (exact) mass is 224 g/mol. The number of hydrogen-bond acceptors (Lipinski definition) is 2. The second kappa shape index (κ2) is 2.91. The molecule has 4 heteroatoms. The van der Waals surface area contributed by atoms with Gasteiger partial charge >= 0.3 is 0 Å². The number of aryl methyl sites for hydroxylation is 2. The third kappa shape index (κ3) is 1.04. The van der Waals surface area contributed by atoms with Gasteiger partial charge in [0.15, 0.2) is 0 Å². The molecule has 1 aliphatic carbocycles. The van der Waals surface area contributed by atoms with Crippen LogP contribution in [0.4, 0.5) is 5.69 Å². The number of nitrogens with two attached hydrogens (primary N) is 1. The van der Waals surface area contributed by atoms with Crippen LogP contribution in [0.5, 0.6) is 0 Å². The van der Waals surface area contributed by atoms with Gasteiger partial charge in [-0.2, -0.15) is 5.10 Å². The fourth-order valence-electron chi connectivity index (χ4n) is 2.79. The first kappa shape index (κ1) is 8.87. The molecule has 0 saturated carbocycles. The van der Waals surface area contributed by atoms with Crippen molar-refractivity contribution in [2.75, 3.05) is 5.73 Å². The van der Waals surface area contributed by atoms with Crippen LogP contribution in [-0.4, -0.2) is 15.2 Å². The van der Waals surface area contributed by atoms with Crippen LogP contribution < -0.4 is 5.73 Å². The van der Waals surface area contributed by atoms with Crippen molar-refractivity contribution < 1.29 is 0 Å². The summed E-state index contributed by atoms with van der Waals surface area (Å²) in [5.41, 5.74) is 12.9. The summed E-state index contributed by atoms with van der Waals surface area (Å²) in [5.74, 6) is 0. The zero-order valence-electron chi connectivity index (χ0n) is 9.25. The van der Waals surface area contributed by atoms with Crippen LogP contribution in [0, 0.1) is 0 Å². The Balaban J connectivity index is 2.14. The molecule has 0 radical (unpaired) electrons. The number of nitrogens with zero attached hydrogens (tertiary/aromatic N) is 1. The number of anilines is 1. The molecule has 2 aromatic heterocycles. The van der Waals surface area contributed by atoms with Crippen molar-refractivity contribution in [1.82, 2.24) is 15.2 Å². The van der Waals surface area contributed by atoms with Gasteiger partial charge in [-0.05, 0) is 36.1 Å². The maximum atomic E-state index is 6.07. The lowest BCUT2D eigenvalue weighted by Gasteiger charge is -2.11. The van der Waals surface area contributed by atoms with Crippen LogP contribution >= 0.6 is 0 Å². The fraction of sp³-hybridized carbons (Fsp3) is 0.154. The SMILES string of the molecule is Nc1cccc2[nH]c3c(c12)CCc1cn[nH]c1-3. The number of hydrogen-bond donors (Lipinski definition) is 3. The number of nitrogens with one attached hydrogen (secondary N) is 2. The average Bonchev–Trinajstić information content (AvgIpc) is 2.91. The molecule has 4 N–H and O–H groups in total. The number of aromatic nitrogens is 3. The minimum Gasteiger partial charge on any atom is -0.398 e. The molecule has 0 bridgehead atoms. The van der Waals surface area contributed by atoms with Gasteiger partial charge in [-0.15, -0.1) is 0 Å². The molecule has 0 atom stereocenters. The largest absolute Gasteiger partial charge is 0.398 e. The number of fused-ring (bicyclic) bond motifs is 5. The van der Waals surface area contributed by atoms with Gasteiger partial charge in [-0.3, -0.25) is 5.10 Å². The van der Waals surface area contributed by atoms with Gasteiger partial charge in [0.2, 0.25) is 0 Å². The predicted molar refractivity (Wildman–Crippen MR) is 67.7 cm³/mol. The molecule has 0 spiro atoms. The number of rotatable bonds is 0. The quantitative estimate of drug-likeness (QED) is 0.512. The Morgan fingerprint density at radius 2 is 2.12 bits per heavy atom. The fourth-order valence-corrected chi connectivity index (χ4v) is 2.79. The summed E-state index contributed by atoms with van der Waals surface area (Å²) in [5, 5.41) is 8.36. The summed E-state index contributed by atoms with van der Waals surface area (Å²) in [7, 11) is 0. The number of H-pyrrole nitrogens is 2. The second-order valence-electron chi connectivity index (χ2n) is 4.52. The van der Waals surface area contributed by atoms with E-state index in [2.05, 4.69) is 21.2 Å². The van der Waals surface area contributed by atoms with Crippen LogP contribution in [0.15, 0.2) is 24.4 Å². The van der Waals surface area contributed by atoms with E-state index < -0.39 is 0 Å². The normalized spacial score (nSPS) is 13.6. The van der Waals surface area contributed by atoms with E-state index in [4.69, 9.17) is 5.73 Å². The van der Waals surface area contributed by atoms with Gasteiger partial charge in [0, 0.05) is 16.6 Å². The zero-order chi connectivity index (χ0) is 11.4. The summed E-state index contributed by atoms with van der Waals surface area (Å²) in [6, 6.07) is 6.01. The van der Waals surface area contributed by atoms with Gasteiger partial charge in [0.25, 0.3) is 0 Å². The second-order valence-corrected chi connectivity index (χ2v) is 4.52. The lowest BCUT2D eigenvalue weighted by atomic mass is 9.94. The van der Waals surface area contributed by atoms with E-state index in [9.17, 15) is 0 Å². The van der Waals surface area contributed by atoms with Crippen molar-refractivity contribution in [1.29, 1.82) is 0 Å². The van der Waals surface area contributed by atoms with Crippen molar-refractivity contribution in [3.05, 3.63) is 35.5 Å². The molecule has 4 rings (SSSR count). The topological polar surface area (TPSA) is 70.5 Å². The highest BCUT2D eigenvalue weighted by Crippen LogP contribution is 2.38.